The summed E-state index contributed by atoms with van der Waals surface area (Å²) in [6.07, 6.45) is 21.6. The van der Waals surface area contributed by atoms with Gasteiger partial charge in [-0.05, 0) is 51.4 Å². The molecule has 0 aromatic heterocycles. The SMILES string of the molecule is O=P(OC1CCCCC1)(OC1CCCCC1)N1CCN(P(=O)(OC2CCCCC2)OC2CCCCC2)CC1. The standard InChI is InChI=1S/C28H52N2O6P2/c31-37(33-25-13-5-1-6-14-25,34-26-15-7-2-8-16-26)29-21-23-30(24-22-29)38(32,35-27-17-9-3-10-18-27)36-28-19-11-4-12-20-28/h25-28H,1-24H2. The average molecular weight is 575 g/mol. The highest BCUT2D eigenvalue weighted by Gasteiger charge is 2.46. The molecule has 220 valence electrons. The molecular formula is C28H52N2O6P2. The van der Waals surface area contributed by atoms with Crippen LogP contribution >= 0.6 is 15.5 Å². The first kappa shape index (κ1) is 29.7. The molecule has 8 nitrogen and oxygen atoms in total. The monoisotopic (exact) mass is 574 g/mol. The minimum Gasteiger partial charge on any atom is -0.293 e. The summed E-state index contributed by atoms with van der Waals surface area (Å²) in [4.78, 5) is 0. The van der Waals surface area contributed by atoms with Crippen LogP contribution in [-0.4, -0.2) is 59.9 Å². The number of hydrogen-bond acceptors (Lipinski definition) is 6. The molecule has 5 aliphatic rings. The lowest BCUT2D eigenvalue weighted by Gasteiger charge is -2.43. The molecule has 0 aromatic rings. The van der Waals surface area contributed by atoms with Crippen molar-refractivity contribution in [3.05, 3.63) is 0 Å². The maximum Gasteiger partial charge on any atom is 0.408 e. The van der Waals surface area contributed by atoms with E-state index in [4.69, 9.17) is 18.1 Å². The molecule has 4 aliphatic carbocycles. The van der Waals surface area contributed by atoms with E-state index in [1.165, 1.54) is 25.7 Å². The summed E-state index contributed by atoms with van der Waals surface area (Å²) in [5.41, 5.74) is 0. The van der Waals surface area contributed by atoms with Gasteiger partial charge < -0.3 is 0 Å². The highest BCUT2D eigenvalue weighted by Crippen LogP contribution is 2.60. The van der Waals surface area contributed by atoms with Crippen molar-refractivity contribution >= 4 is 15.5 Å². The molecular weight excluding hydrogens is 522 g/mol. The first-order chi connectivity index (χ1) is 18.5. The number of piperazine rings is 1. The van der Waals surface area contributed by atoms with Crippen molar-refractivity contribution in [2.45, 2.75) is 153 Å². The number of nitrogens with zero attached hydrogens (tertiary/aromatic N) is 2. The Bertz CT molecular complexity index is 685. The van der Waals surface area contributed by atoms with Crippen LogP contribution in [0.1, 0.15) is 128 Å². The summed E-state index contributed by atoms with van der Waals surface area (Å²) < 4.78 is 58.3. The van der Waals surface area contributed by atoms with Gasteiger partial charge in [-0.25, -0.2) is 18.5 Å². The van der Waals surface area contributed by atoms with E-state index < -0.39 is 15.5 Å². The van der Waals surface area contributed by atoms with Crippen LogP contribution in [0.15, 0.2) is 0 Å². The predicted molar refractivity (Wildman–Crippen MR) is 150 cm³/mol. The van der Waals surface area contributed by atoms with E-state index in [-0.39, 0.29) is 24.4 Å². The molecule has 5 fully saturated rings. The van der Waals surface area contributed by atoms with Gasteiger partial charge in [0.25, 0.3) is 0 Å². The fraction of sp³-hybridized carbons (Fsp3) is 1.00. The second kappa shape index (κ2) is 14.4. The third kappa shape index (κ3) is 8.16. The van der Waals surface area contributed by atoms with E-state index in [0.29, 0.717) is 26.2 Å². The summed E-state index contributed by atoms with van der Waals surface area (Å²) in [5.74, 6) is 0. The lowest BCUT2D eigenvalue weighted by atomic mass is 9.98. The van der Waals surface area contributed by atoms with Gasteiger partial charge >= 0.3 is 15.5 Å². The van der Waals surface area contributed by atoms with Crippen LogP contribution in [0.25, 0.3) is 0 Å². The fourth-order valence-corrected chi connectivity index (χ4v) is 11.2. The lowest BCUT2D eigenvalue weighted by Crippen LogP contribution is -2.45. The first-order valence-electron chi connectivity index (χ1n) is 16.0. The Morgan fingerprint density at radius 3 is 0.789 bits per heavy atom. The second-order valence-electron chi connectivity index (χ2n) is 12.3. The molecule has 0 atom stereocenters. The lowest BCUT2D eigenvalue weighted by molar-refractivity contribution is 0.0338. The minimum absolute atomic E-state index is 0.00609. The molecule has 38 heavy (non-hydrogen) atoms. The van der Waals surface area contributed by atoms with Gasteiger partial charge in [0.15, 0.2) is 0 Å². The normalized spacial score (nSPS) is 27.6. The Labute approximate surface area is 231 Å². The smallest absolute Gasteiger partial charge is 0.293 e. The largest absolute Gasteiger partial charge is 0.408 e. The quantitative estimate of drug-likeness (QED) is 0.242. The van der Waals surface area contributed by atoms with Crippen LogP contribution in [0.4, 0.5) is 0 Å². The second-order valence-corrected chi connectivity index (χ2v) is 16.2. The minimum atomic E-state index is -3.44. The zero-order valence-electron chi connectivity index (χ0n) is 23.5. The summed E-state index contributed by atoms with van der Waals surface area (Å²) in [6, 6.07) is 0. The van der Waals surface area contributed by atoms with Crippen molar-refractivity contribution in [1.82, 2.24) is 9.34 Å². The Kier molecular flexibility index (Phi) is 11.3. The summed E-state index contributed by atoms with van der Waals surface area (Å²) in [7, 11) is -6.89. The van der Waals surface area contributed by atoms with Gasteiger partial charge in [-0.3, -0.25) is 18.1 Å². The fourth-order valence-electron chi connectivity index (χ4n) is 6.93. The van der Waals surface area contributed by atoms with E-state index >= 15 is 0 Å². The highest BCUT2D eigenvalue weighted by molar-refractivity contribution is 7.51. The summed E-state index contributed by atoms with van der Waals surface area (Å²) in [5, 5.41) is 0. The zero-order chi connectivity index (χ0) is 26.3. The molecule has 0 radical (unpaired) electrons. The molecule has 0 spiro atoms. The topological polar surface area (TPSA) is 77.5 Å². The predicted octanol–water partition coefficient (Wildman–Crippen LogP) is 8.22. The summed E-state index contributed by atoms with van der Waals surface area (Å²) in [6.45, 7) is 1.96. The number of hydrogen-bond donors (Lipinski definition) is 0. The molecule has 1 aliphatic heterocycles. The molecule has 1 heterocycles. The van der Waals surface area contributed by atoms with Crippen LogP contribution in [0.5, 0.6) is 0 Å². The van der Waals surface area contributed by atoms with Crippen molar-refractivity contribution < 1.29 is 27.2 Å². The van der Waals surface area contributed by atoms with Gasteiger partial charge in [-0.1, -0.05) is 77.0 Å². The first-order valence-corrected chi connectivity index (χ1v) is 19.0. The molecule has 5 rings (SSSR count). The zero-order valence-corrected chi connectivity index (χ0v) is 25.3. The molecule has 0 unspecified atom stereocenters. The Morgan fingerprint density at radius 2 is 0.579 bits per heavy atom. The molecule has 0 aromatic carbocycles. The van der Waals surface area contributed by atoms with Gasteiger partial charge in [0.05, 0.1) is 24.4 Å². The van der Waals surface area contributed by atoms with Gasteiger partial charge in [-0.15, -0.1) is 0 Å². The van der Waals surface area contributed by atoms with Gasteiger partial charge in [0.2, 0.25) is 0 Å². The third-order valence-electron chi connectivity index (χ3n) is 9.26. The average Bonchev–Trinajstić information content (AvgIpc) is 2.95. The molecule has 0 N–H and O–H groups in total. The Hall–Kier alpha value is 0.220. The Morgan fingerprint density at radius 1 is 0.368 bits per heavy atom. The van der Waals surface area contributed by atoms with Crippen LogP contribution in [-0.2, 0) is 27.2 Å². The van der Waals surface area contributed by atoms with Crippen LogP contribution < -0.4 is 0 Å². The summed E-state index contributed by atoms with van der Waals surface area (Å²) >= 11 is 0. The third-order valence-corrected chi connectivity index (χ3v) is 13.7. The van der Waals surface area contributed by atoms with Crippen molar-refractivity contribution in [3.8, 4) is 0 Å². The Balaban J connectivity index is 1.26. The molecule has 1 saturated heterocycles. The maximum absolute atomic E-state index is 14.4. The van der Waals surface area contributed by atoms with E-state index in [2.05, 4.69) is 0 Å². The van der Waals surface area contributed by atoms with Crippen LogP contribution in [0.3, 0.4) is 0 Å². The maximum atomic E-state index is 14.4. The van der Waals surface area contributed by atoms with E-state index in [0.717, 1.165) is 103 Å². The van der Waals surface area contributed by atoms with Crippen molar-refractivity contribution in [1.29, 1.82) is 0 Å². The van der Waals surface area contributed by atoms with Gasteiger partial charge in [0, 0.05) is 26.2 Å². The highest BCUT2D eigenvalue weighted by atomic mass is 31.2. The van der Waals surface area contributed by atoms with E-state index in [1.54, 1.807) is 0 Å². The van der Waals surface area contributed by atoms with Gasteiger partial charge in [-0.2, -0.15) is 0 Å². The van der Waals surface area contributed by atoms with Crippen molar-refractivity contribution in [2.24, 2.45) is 0 Å². The van der Waals surface area contributed by atoms with E-state index in [9.17, 15) is 9.13 Å². The molecule has 0 bridgehead atoms. The number of rotatable bonds is 10. The van der Waals surface area contributed by atoms with Crippen molar-refractivity contribution in [3.63, 3.8) is 0 Å². The van der Waals surface area contributed by atoms with Gasteiger partial charge in [0.1, 0.15) is 0 Å². The van der Waals surface area contributed by atoms with Crippen molar-refractivity contribution in [2.75, 3.05) is 26.2 Å². The molecule has 10 heteroatoms. The van der Waals surface area contributed by atoms with Crippen LogP contribution in [0.2, 0.25) is 0 Å². The molecule has 0 amide bonds. The van der Waals surface area contributed by atoms with Crippen LogP contribution in [0, 0.1) is 0 Å². The van der Waals surface area contributed by atoms with E-state index in [1.807, 2.05) is 9.34 Å². The molecule has 4 saturated carbocycles.